The third kappa shape index (κ3) is 3.95. The van der Waals surface area contributed by atoms with Gasteiger partial charge >= 0.3 is 0 Å². The zero-order chi connectivity index (χ0) is 26.8. The molecule has 1 heteroatoms. The van der Waals surface area contributed by atoms with E-state index in [0.29, 0.717) is 0 Å². The summed E-state index contributed by atoms with van der Waals surface area (Å²) in [4.78, 5) is 0. The highest BCUT2D eigenvalue weighted by Crippen LogP contribution is 2.56. The Morgan fingerprint density at radius 1 is 0.400 bits per heavy atom. The number of hydrogen-bond acceptors (Lipinski definition) is 1. The normalized spacial score (nSPS) is 12.7. The van der Waals surface area contributed by atoms with Gasteiger partial charge in [-0.05, 0) is 57.0 Å². The van der Waals surface area contributed by atoms with Crippen LogP contribution in [-0.2, 0) is 5.41 Å². The van der Waals surface area contributed by atoms with E-state index in [2.05, 4.69) is 175 Å². The van der Waals surface area contributed by atoms with Crippen LogP contribution in [0.5, 0.6) is 0 Å². The number of nitrogens with one attached hydrogen (secondary N) is 1. The lowest BCUT2D eigenvalue weighted by atomic mass is 9.67. The van der Waals surface area contributed by atoms with Gasteiger partial charge in [0.05, 0.1) is 5.41 Å². The topological polar surface area (TPSA) is 12.0 Å². The Morgan fingerprint density at radius 3 is 1.68 bits per heavy atom. The fourth-order valence-corrected chi connectivity index (χ4v) is 6.27. The Labute approximate surface area is 235 Å². The summed E-state index contributed by atoms with van der Waals surface area (Å²) < 4.78 is 0. The van der Waals surface area contributed by atoms with Crippen molar-refractivity contribution in [1.29, 1.82) is 0 Å². The Morgan fingerprint density at radius 2 is 0.925 bits per heavy atom. The SMILES string of the molecule is c1cccc(Nc2ccc3c(c2)C(c2ccccc2)(c2ccccc2)c2ccccc2-3)c2ccccc2ccc1. The van der Waals surface area contributed by atoms with E-state index in [1.54, 1.807) is 0 Å². The van der Waals surface area contributed by atoms with Crippen molar-refractivity contribution in [2.45, 2.75) is 5.41 Å². The number of fused-ring (bicyclic) bond motifs is 4. The first-order valence-electron chi connectivity index (χ1n) is 13.8. The molecule has 1 aliphatic rings. The van der Waals surface area contributed by atoms with Crippen LogP contribution in [0.25, 0.3) is 21.9 Å². The highest BCUT2D eigenvalue weighted by atomic mass is 14.9. The van der Waals surface area contributed by atoms with Crippen molar-refractivity contribution in [3.63, 3.8) is 0 Å². The molecule has 0 heterocycles. The maximum atomic E-state index is 3.80. The first-order chi connectivity index (χ1) is 19.9. The Kier molecular flexibility index (Phi) is 6.11. The molecule has 6 aromatic carbocycles. The molecule has 6 aromatic rings. The minimum absolute atomic E-state index is 0.414. The largest absolute Gasteiger partial charge is 0.355 e. The second-order valence-electron chi connectivity index (χ2n) is 10.2. The van der Waals surface area contributed by atoms with Crippen molar-refractivity contribution in [2.24, 2.45) is 0 Å². The van der Waals surface area contributed by atoms with Crippen molar-refractivity contribution >= 4 is 22.1 Å². The van der Waals surface area contributed by atoms with Gasteiger partial charge in [0.2, 0.25) is 0 Å². The Balaban J connectivity index is 1.48. The summed E-state index contributed by atoms with van der Waals surface area (Å²) in [6.45, 7) is 0. The van der Waals surface area contributed by atoms with E-state index < -0.39 is 5.41 Å². The maximum absolute atomic E-state index is 3.80. The minimum atomic E-state index is -0.414. The third-order valence-electron chi connectivity index (χ3n) is 7.97. The molecule has 0 radical (unpaired) electrons. The van der Waals surface area contributed by atoms with E-state index in [-0.39, 0.29) is 0 Å². The number of hydrogen-bond donors (Lipinski definition) is 1. The highest BCUT2D eigenvalue weighted by Gasteiger charge is 2.45. The van der Waals surface area contributed by atoms with Crippen LogP contribution < -0.4 is 5.32 Å². The van der Waals surface area contributed by atoms with Gasteiger partial charge in [-0.25, -0.2) is 0 Å². The van der Waals surface area contributed by atoms with Gasteiger partial charge < -0.3 is 5.32 Å². The quantitative estimate of drug-likeness (QED) is 0.248. The molecule has 1 aliphatic carbocycles. The van der Waals surface area contributed by atoms with Crippen LogP contribution in [0.2, 0.25) is 0 Å². The average Bonchev–Trinajstić information content (AvgIpc) is 3.32. The highest BCUT2D eigenvalue weighted by molar-refractivity contribution is 5.95. The average molecular weight is 512 g/mol. The van der Waals surface area contributed by atoms with Crippen LogP contribution in [-0.4, -0.2) is 0 Å². The molecule has 0 fully saturated rings. The van der Waals surface area contributed by atoms with Gasteiger partial charge in [0.25, 0.3) is 0 Å². The number of anilines is 2. The molecule has 0 aliphatic heterocycles. The Bertz CT molecular complexity index is 1830. The molecule has 0 unspecified atom stereocenters. The molecular weight excluding hydrogens is 482 g/mol. The van der Waals surface area contributed by atoms with Crippen LogP contribution in [0.4, 0.5) is 11.4 Å². The van der Waals surface area contributed by atoms with E-state index in [0.717, 1.165) is 11.4 Å². The number of rotatable bonds is 4. The third-order valence-corrected chi connectivity index (χ3v) is 7.97. The number of benzene rings is 5. The molecule has 0 saturated carbocycles. The lowest BCUT2D eigenvalue weighted by Gasteiger charge is -2.34. The van der Waals surface area contributed by atoms with E-state index in [1.165, 1.54) is 44.2 Å². The summed E-state index contributed by atoms with van der Waals surface area (Å²) in [5.41, 5.74) is 9.44. The molecule has 0 aromatic heterocycles. The summed E-state index contributed by atoms with van der Waals surface area (Å²) >= 11 is 0. The summed E-state index contributed by atoms with van der Waals surface area (Å²) in [6, 6.07) is 60.8. The van der Waals surface area contributed by atoms with Gasteiger partial charge in [-0.2, -0.15) is 0 Å². The fraction of sp³-hybridized carbons (Fsp3) is 0.0256. The molecule has 1 N–H and O–H groups in total. The van der Waals surface area contributed by atoms with Crippen molar-refractivity contribution in [3.8, 4) is 11.1 Å². The monoisotopic (exact) mass is 511 g/mol. The van der Waals surface area contributed by atoms with E-state index >= 15 is 0 Å². The maximum Gasteiger partial charge on any atom is 0.0714 e. The van der Waals surface area contributed by atoms with Gasteiger partial charge in [0.15, 0.2) is 0 Å². The van der Waals surface area contributed by atoms with Crippen molar-refractivity contribution in [1.82, 2.24) is 0 Å². The van der Waals surface area contributed by atoms with Crippen LogP contribution in [0.1, 0.15) is 22.3 Å². The second-order valence-corrected chi connectivity index (χ2v) is 10.2. The smallest absolute Gasteiger partial charge is 0.0714 e. The summed E-state index contributed by atoms with van der Waals surface area (Å²) in [7, 11) is 0. The standard InChI is InChI=1S/C39H29N/c1-2-6-16-29-17-12-13-22-33(29)38(25-11-3-1)40-32-26-27-35-34-23-14-15-24-36(34)39(37(35)28-32,30-18-7-4-8-19-30)31-20-9-5-10-21-31/h1-28,40H. The molecule has 0 bridgehead atoms. The summed E-state index contributed by atoms with van der Waals surface area (Å²) in [5.74, 6) is 0. The lowest BCUT2D eigenvalue weighted by molar-refractivity contribution is 0.769. The van der Waals surface area contributed by atoms with E-state index in [9.17, 15) is 0 Å². The van der Waals surface area contributed by atoms with Gasteiger partial charge in [0, 0.05) is 16.8 Å². The van der Waals surface area contributed by atoms with E-state index in [1.807, 2.05) is 0 Å². The van der Waals surface area contributed by atoms with Crippen molar-refractivity contribution < 1.29 is 0 Å². The lowest BCUT2D eigenvalue weighted by Crippen LogP contribution is -2.28. The molecule has 190 valence electrons. The predicted molar refractivity (Wildman–Crippen MR) is 169 cm³/mol. The van der Waals surface area contributed by atoms with Crippen LogP contribution >= 0.6 is 0 Å². The molecule has 0 amide bonds. The van der Waals surface area contributed by atoms with Gasteiger partial charge in [-0.15, -0.1) is 0 Å². The minimum Gasteiger partial charge on any atom is -0.355 e. The zero-order valence-electron chi connectivity index (χ0n) is 22.2. The van der Waals surface area contributed by atoms with Gasteiger partial charge in [-0.3, -0.25) is 0 Å². The summed E-state index contributed by atoms with van der Waals surface area (Å²) in [6.07, 6.45) is 0. The van der Waals surface area contributed by atoms with E-state index in [4.69, 9.17) is 0 Å². The van der Waals surface area contributed by atoms with Gasteiger partial charge in [0.1, 0.15) is 0 Å². The van der Waals surface area contributed by atoms with Crippen molar-refractivity contribution in [2.75, 3.05) is 5.32 Å². The molecule has 1 nitrogen and oxygen atoms in total. The predicted octanol–water partition coefficient (Wildman–Crippen LogP) is 10.1. The molecule has 0 saturated heterocycles. The molecule has 40 heavy (non-hydrogen) atoms. The zero-order valence-corrected chi connectivity index (χ0v) is 22.2. The van der Waals surface area contributed by atoms with Crippen LogP contribution in [0, 0.1) is 0 Å². The fourth-order valence-electron chi connectivity index (χ4n) is 6.27. The van der Waals surface area contributed by atoms with Gasteiger partial charge in [-0.1, -0.05) is 152 Å². The molecule has 0 atom stereocenters. The van der Waals surface area contributed by atoms with Crippen LogP contribution in [0.15, 0.2) is 170 Å². The second kappa shape index (κ2) is 10.2. The molecule has 0 spiro atoms. The van der Waals surface area contributed by atoms with Crippen molar-refractivity contribution in [3.05, 3.63) is 192 Å². The van der Waals surface area contributed by atoms with Crippen LogP contribution in [0.3, 0.4) is 0 Å². The summed E-state index contributed by atoms with van der Waals surface area (Å²) in [5, 5.41) is 6.15. The molecular formula is C39H29N. The first kappa shape index (κ1) is 23.9. The first-order valence-corrected chi connectivity index (χ1v) is 13.8. The Hall–Kier alpha value is -5.14. The molecule has 7 rings (SSSR count).